The van der Waals surface area contributed by atoms with Crippen molar-refractivity contribution >= 4 is 21.8 Å². The Kier molecular flexibility index (Phi) is 7.77. The Morgan fingerprint density at radius 2 is 2.05 bits per heavy atom. The third kappa shape index (κ3) is 6.01. The molecule has 0 aliphatic rings. The third-order valence-electron chi connectivity index (χ3n) is 3.23. The number of carbonyl (C=O) groups excluding carboxylic acids is 1. The molecule has 1 aromatic rings. The van der Waals surface area contributed by atoms with E-state index in [1.54, 1.807) is 12.1 Å². The van der Waals surface area contributed by atoms with Gasteiger partial charge in [-0.3, -0.25) is 4.79 Å². The van der Waals surface area contributed by atoms with E-state index in [0.29, 0.717) is 12.1 Å². The van der Waals surface area contributed by atoms with Crippen LogP contribution in [0, 0.1) is 5.82 Å². The molecule has 0 radical (unpaired) electrons. The second-order valence-corrected chi connectivity index (χ2v) is 5.56. The maximum Gasteiger partial charge on any atom is 0.224 e. The van der Waals surface area contributed by atoms with Crippen LogP contribution in [0.1, 0.15) is 25.8 Å². The summed E-state index contributed by atoms with van der Waals surface area (Å²) in [6, 6.07) is 4.64. The Labute approximate surface area is 128 Å². The number of hydrogen-bond acceptors (Lipinski definition) is 2. The number of nitrogens with zero attached hydrogens (tertiary/aromatic N) is 1. The lowest BCUT2D eigenvalue weighted by Gasteiger charge is -2.17. The molecule has 1 N–H and O–H groups in total. The second kappa shape index (κ2) is 9.08. The SMILES string of the molecule is CCN(CC)CCCNC(=O)Cc1cc(Br)ccc1F. The lowest BCUT2D eigenvalue weighted by Crippen LogP contribution is -2.30. The van der Waals surface area contributed by atoms with Crippen LogP contribution in [0.15, 0.2) is 22.7 Å². The molecule has 0 saturated carbocycles. The maximum atomic E-state index is 13.5. The van der Waals surface area contributed by atoms with Crippen molar-refractivity contribution in [1.82, 2.24) is 10.2 Å². The molecule has 0 aliphatic heterocycles. The standard InChI is InChI=1S/C15H22BrFN2O/c1-3-19(4-2)9-5-8-18-15(20)11-12-10-13(16)6-7-14(12)17/h6-7,10H,3-5,8-9,11H2,1-2H3,(H,18,20). The minimum atomic E-state index is -0.341. The van der Waals surface area contributed by atoms with Gasteiger partial charge in [0.25, 0.3) is 0 Å². The van der Waals surface area contributed by atoms with E-state index >= 15 is 0 Å². The van der Waals surface area contributed by atoms with Crippen molar-refractivity contribution < 1.29 is 9.18 Å². The highest BCUT2D eigenvalue weighted by Gasteiger charge is 2.08. The van der Waals surface area contributed by atoms with E-state index in [4.69, 9.17) is 0 Å². The van der Waals surface area contributed by atoms with Gasteiger partial charge in [0.15, 0.2) is 0 Å². The van der Waals surface area contributed by atoms with Crippen LogP contribution in [0.5, 0.6) is 0 Å². The average molecular weight is 345 g/mol. The molecule has 1 amide bonds. The fourth-order valence-corrected chi connectivity index (χ4v) is 2.39. The van der Waals surface area contributed by atoms with Gasteiger partial charge in [0.05, 0.1) is 6.42 Å². The van der Waals surface area contributed by atoms with Gasteiger partial charge in [0.1, 0.15) is 5.82 Å². The van der Waals surface area contributed by atoms with Crippen molar-refractivity contribution in [2.45, 2.75) is 26.7 Å². The van der Waals surface area contributed by atoms with Gasteiger partial charge in [0.2, 0.25) is 5.91 Å². The van der Waals surface area contributed by atoms with Crippen LogP contribution in [-0.2, 0) is 11.2 Å². The highest BCUT2D eigenvalue weighted by atomic mass is 79.9. The number of nitrogens with one attached hydrogen (secondary N) is 1. The molecule has 0 bridgehead atoms. The van der Waals surface area contributed by atoms with Gasteiger partial charge in [-0.15, -0.1) is 0 Å². The molecule has 0 unspecified atom stereocenters. The summed E-state index contributed by atoms with van der Waals surface area (Å²) >= 11 is 3.28. The molecule has 0 saturated heterocycles. The number of hydrogen-bond donors (Lipinski definition) is 1. The van der Waals surface area contributed by atoms with Crippen LogP contribution in [0.25, 0.3) is 0 Å². The quantitative estimate of drug-likeness (QED) is 0.735. The fraction of sp³-hybridized carbons (Fsp3) is 0.533. The highest BCUT2D eigenvalue weighted by Crippen LogP contribution is 2.15. The van der Waals surface area contributed by atoms with Crippen molar-refractivity contribution in [2.24, 2.45) is 0 Å². The predicted octanol–water partition coefficient (Wildman–Crippen LogP) is 2.98. The van der Waals surface area contributed by atoms with Gasteiger partial charge in [0, 0.05) is 11.0 Å². The summed E-state index contributed by atoms with van der Waals surface area (Å²) in [4.78, 5) is 14.1. The predicted molar refractivity (Wildman–Crippen MR) is 83.2 cm³/mol. The third-order valence-corrected chi connectivity index (χ3v) is 3.72. The summed E-state index contributed by atoms with van der Waals surface area (Å²) in [6.07, 6.45) is 0.991. The topological polar surface area (TPSA) is 32.3 Å². The van der Waals surface area contributed by atoms with Crippen molar-refractivity contribution in [3.63, 3.8) is 0 Å². The molecule has 3 nitrogen and oxygen atoms in total. The summed E-state index contributed by atoms with van der Waals surface area (Å²) in [5.74, 6) is -0.479. The van der Waals surface area contributed by atoms with Crippen molar-refractivity contribution in [3.05, 3.63) is 34.1 Å². The summed E-state index contributed by atoms with van der Waals surface area (Å²) in [5.41, 5.74) is 0.417. The summed E-state index contributed by atoms with van der Waals surface area (Å²) < 4.78 is 14.3. The summed E-state index contributed by atoms with van der Waals surface area (Å²) in [7, 11) is 0. The van der Waals surface area contributed by atoms with E-state index < -0.39 is 0 Å². The zero-order valence-corrected chi connectivity index (χ0v) is 13.7. The van der Waals surface area contributed by atoms with Crippen molar-refractivity contribution in [1.29, 1.82) is 0 Å². The normalized spacial score (nSPS) is 10.8. The van der Waals surface area contributed by atoms with Gasteiger partial charge in [-0.25, -0.2) is 4.39 Å². The van der Waals surface area contributed by atoms with Gasteiger partial charge in [-0.05, 0) is 49.8 Å². The fourth-order valence-electron chi connectivity index (χ4n) is 1.98. The Morgan fingerprint density at radius 3 is 2.70 bits per heavy atom. The second-order valence-electron chi connectivity index (χ2n) is 4.64. The largest absolute Gasteiger partial charge is 0.356 e. The Morgan fingerprint density at radius 1 is 1.35 bits per heavy atom. The minimum Gasteiger partial charge on any atom is -0.356 e. The molecule has 112 valence electrons. The van der Waals surface area contributed by atoms with Crippen LogP contribution in [0.2, 0.25) is 0 Å². The summed E-state index contributed by atoms with van der Waals surface area (Å²) in [5, 5.41) is 2.83. The monoisotopic (exact) mass is 344 g/mol. The molecule has 0 heterocycles. The number of carbonyl (C=O) groups is 1. The lowest BCUT2D eigenvalue weighted by atomic mass is 10.1. The average Bonchev–Trinajstić information content (AvgIpc) is 2.43. The Balaban J connectivity index is 2.32. The molecule has 0 atom stereocenters. The highest BCUT2D eigenvalue weighted by molar-refractivity contribution is 9.10. The number of amides is 1. The molecular formula is C15H22BrFN2O. The first-order valence-electron chi connectivity index (χ1n) is 6.99. The molecule has 0 fully saturated rings. The molecular weight excluding hydrogens is 323 g/mol. The first-order chi connectivity index (χ1) is 9.56. The van der Waals surface area contributed by atoms with E-state index in [0.717, 1.165) is 30.5 Å². The zero-order valence-electron chi connectivity index (χ0n) is 12.1. The van der Waals surface area contributed by atoms with Crippen LogP contribution < -0.4 is 5.32 Å². The van der Waals surface area contributed by atoms with Crippen LogP contribution >= 0.6 is 15.9 Å². The molecule has 0 spiro atoms. The smallest absolute Gasteiger partial charge is 0.224 e. The van der Waals surface area contributed by atoms with E-state index in [2.05, 4.69) is 40.0 Å². The van der Waals surface area contributed by atoms with Crippen LogP contribution in [0.4, 0.5) is 4.39 Å². The Bertz CT molecular complexity index is 436. The van der Waals surface area contributed by atoms with Gasteiger partial charge in [-0.2, -0.15) is 0 Å². The van der Waals surface area contributed by atoms with Gasteiger partial charge < -0.3 is 10.2 Å². The van der Waals surface area contributed by atoms with Crippen LogP contribution in [0.3, 0.4) is 0 Å². The first kappa shape index (κ1) is 17.1. The van der Waals surface area contributed by atoms with E-state index in [9.17, 15) is 9.18 Å². The van der Waals surface area contributed by atoms with Crippen LogP contribution in [-0.4, -0.2) is 37.0 Å². The molecule has 5 heteroatoms. The molecule has 0 aromatic heterocycles. The lowest BCUT2D eigenvalue weighted by molar-refractivity contribution is -0.120. The summed E-state index contributed by atoms with van der Waals surface area (Å²) in [6.45, 7) is 7.89. The first-order valence-corrected chi connectivity index (χ1v) is 7.79. The minimum absolute atomic E-state index is 0.0799. The van der Waals surface area contributed by atoms with E-state index in [1.807, 2.05) is 0 Å². The number of benzene rings is 1. The number of halogens is 2. The van der Waals surface area contributed by atoms with Crippen molar-refractivity contribution in [3.8, 4) is 0 Å². The van der Waals surface area contributed by atoms with Crippen molar-refractivity contribution in [2.75, 3.05) is 26.2 Å². The van der Waals surface area contributed by atoms with E-state index in [1.165, 1.54) is 6.07 Å². The molecule has 1 rings (SSSR count). The molecule has 1 aromatic carbocycles. The Hall–Kier alpha value is -0.940. The maximum absolute atomic E-state index is 13.5. The van der Waals surface area contributed by atoms with E-state index in [-0.39, 0.29) is 18.1 Å². The molecule has 20 heavy (non-hydrogen) atoms. The van der Waals surface area contributed by atoms with Gasteiger partial charge >= 0.3 is 0 Å². The molecule has 0 aliphatic carbocycles. The zero-order chi connectivity index (χ0) is 15.0. The van der Waals surface area contributed by atoms with Gasteiger partial charge in [-0.1, -0.05) is 29.8 Å². The number of rotatable bonds is 8.